The minimum absolute atomic E-state index is 0.116. The monoisotopic (exact) mass is 251 g/mol. The molecule has 0 saturated heterocycles. The van der Waals surface area contributed by atoms with Crippen LogP contribution in [0.25, 0.3) is 0 Å². The van der Waals surface area contributed by atoms with Crippen molar-refractivity contribution in [2.75, 3.05) is 14.2 Å². The van der Waals surface area contributed by atoms with E-state index in [0.29, 0.717) is 0 Å². The largest absolute Gasteiger partial charge is 0.496 e. The average Bonchev–Trinajstić information content (AvgIpc) is 2.35. The molecule has 0 fully saturated rings. The first-order chi connectivity index (χ1) is 8.62. The first kappa shape index (κ1) is 14.8. The lowest BCUT2D eigenvalue weighted by atomic mass is 10.0. The number of methoxy groups -OCH3 is 2. The molecule has 1 atom stereocenters. The van der Waals surface area contributed by atoms with Gasteiger partial charge in [-0.2, -0.15) is 0 Å². The second-order valence-electron chi connectivity index (χ2n) is 4.76. The fourth-order valence-corrected chi connectivity index (χ4v) is 2.09. The quantitative estimate of drug-likeness (QED) is 0.810. The van der Waals surface area contributed by atoms with Crippen molar-refractivity contribution in [1.29, 1.82) is 0 Å². The van der Waals surface area contributed by atoms with Gasteiger partial charge in [0, 0.05) is 6.04 Å². The van der Waals surface area contributed by atoms with E-state index in [1.54, 1.807) is 14.2 Å². The minimum atomic E-state index is 0.116. The number of nitrogens with two attached hydrogens (primary N) is 1. The lowest BCUT2D eigenvalue weighted by Crippen LogP contribution is -2.18. The van der Waals surface area contributed by atoms with Gasteiger partial charge in [0.15, 0.2) is 0 Å². The highest BCUT2D eigenvalue weighted by molar-refractivity contribution is 5.47. The van der Waals surface area contributed by atoms with Crippen LogP contribution in [0.15, 0.2) is 12.1 Å². The van der Waals surface area contributed by atoms with Crippen molar-refractivity contribution in [3.63, 3.8) is 0 Å². The van der Waals surface area contributed by atoms with Crippen LogP contribution in [-0.4, -0.2) is 20.3 Å². The van der Waals surface area contributed by atoms with Crippen LogP contribution in [0.2, 0.25) is 0 Å². The third-order valence-electron chi connectivity index (χ3n) is 3.03. The van der Waals surface area contributed by atoms with E-state index in [1.165, 1.54) is 12.0 Å². The summed E-state index contributed by atoms with van der Waals surface area (Å²) >= 11 is 0. The lowest BCUT2D eigenvalue weighted by molar-refractivity contribution is 0.393. The van der Waals surface area contributed by atoms with Gasteiger partial charge < -0.3 is 15.2 Å². The normalized spacial score (nSPS) is 12.3. The molecule has 1 aromatic carbocycles. The molecule has 0 aromatic heterocycles. The van der Waals surface area contributed by atoms with E-state index >= 15 is 0 Å². The Morgan fingerprint density at radius 2 is 1.67 bits per heavy atom. The molecule has 0 bridgehead atoms. The topological polar surface area (TPSA) is 44.5 Å². The van der Waals surface area contributed by atoms with E-state index in [2.05, 4.69) is 19.1 Å². The predicted octanol–water partition coefficient (Wildman–Crippen LogP) is 2.94. The first-order valence-electron chi connectivity index (χ1n) is 6.61. The van der Waals surface area contributed by atoms with E-state index in [9.17, 15) is 0 Å². The zero-order valence-corrected chi connectivity index (χ0v) is 12.0. The Bertz CT molecular complexity index is 375. The maximum atomic E-state index is 5.86. The first-order valence-corrected chi connectivity index (χ1v) is 6.61. The highest BCUT2D eigenvalue weighted by Gasteiger charge is 2.12. The molecule has 1 aromatic rings. The van der Waals surface area contributed by atoms with Gasteiger partial charge in [-0.05, 0) is 49.4 Å². The van der Waals surface area contributed by atoms with Gasteiger partial charge in [0.2, 0.25) is 0 Å². The van der Waals surface area contributed by atoms with E-state index in [4.69, 9.17) is 15.2 Å². The summed E-state index contributed by atoms with van der Waals surface area (Å²) in [6.45, 7) is 4.19. The van der Waals surface area contributed by atoms with Crippen molar-refractivity contribution in [2.45, 2.75) is 45.6 Å². The highest BCUT2D eigenvalue weighted by atomic mass is 16.5. The fourth-order valence-electron chi connectivity index (χ4n) is 2.09. The fraction of sp³-hybridized carbons (Fsp3) is 0.600. The van der Waals surface area contributed by atoms with Gasteiger partial charge in [-0.1, -0.05) is 13.3 Å². The summed E-state index contributed by atoms with van der Waals surface area (Å²) in [7, 11) is 3.42. The zero-order chi connectivity index (χ0) is 13.5. The van der Waals surface area contributed by atoms with Crippen molar-refractivity contribution in [1.82, 2.24) is 0 Å². The summed E-state index contributed by atoms with van der Waals surface area (Å²) in [6, 6.07) is 4.27. The van der Waals surface area contributed by atoms with Crippen LogP contribution in [0.4, 0.5) is 0 Å². The molecule has 18 heavy (non-hydrogen) atoms. The van der Waals surface area contributed by atoms with E-state index in [1.807, 2.05) is 6.92 Å². The molecule has 0 radical (unpaired) electrons. The van der Waals surface area contributed by atoms with Gasteiger partial charge in [-0.25, -0.2) is 0 Å². The summed E-state index contributed by atoms with van der Waals surface area (Å²) < 4.78 is 10.9. The minimum Gasteiger partial charge on any atom is -0.496 e. The van der Waals surface area contributed by atoms with E-state index in [-0.39, 0.29) is 6.04 Å². The maximum absolute atomic E-state index is 5.86. The molecule has 0 heterocycles. The van der Waals surface area contributed by atoms with Crippen LogP contribution < -0.4 is 15.2 Å². The summed E-state index contributed by atoms with van der Waals surface area (Å²) in [5.74, 6) is 1.86. The molecule has 0 spiro atoms. The SMILES string of the molecule is CCCCc1cc(OC)c(C[C@H](C)N)cc1OC. The molecule has 1 rings (SSSR count). The number of aryl methyl sites for hydroxylation is 1. The van der Waals surface area contributed by atoms with Gasteiger partial charge in [0.1, 0.15) is 11.5 Å². The van der Waals surface area contributed by atoms with Crippen LogP contribution >= 0.6 is 0 Å². The summed E-state index contributed by atoms with van der Waals surface area (Å²) in [5.41, 5.74) is 8.19. The highest BCUT2D eigenvalue weighted by Crippen LogP contribution is 2.30. The number of benzene rings is 1. The number of hydrogen-bond acceptors (Lipinski definition) is 3. The van der Waals surface area contributed by atoms with Crippen molar-refractivity contribution in [3.05, 3.63) is 23.3 Å². The summed E-state index contributed by atoms with van der Waals surface area (Å²) in [4.78, 5) is 0. The Labute approximate surface area is 110 Å². The Morgan fingerprint density at radius 3 is 2.17 bits per heavy atom. The molecule has 0 aliphatic rings. The van der Waals surface area contributed by atoms with Gasteiger partial charge in [0.05, 0.1) is 14.2 Å². The molecule has 2 N–H and O–H groups in total. The van der Waals surface area contributed by atoms with E-state index in [0.717, 1.165) is 36.3 Å². The van der Waals surface area contributed by atoms with E-state index < -0.39 is 0 Å². The Balaban J connectivity index is 3.06. The summed E-state index contributed by atoms with van der Waals surface area (Å²) in [6.07, 6.45) is 4.15. The molecule has 0 saturated carbocycles. The van der Waals surface area contributed by atoms with Crippen molar-refractivity contribution in [2.24, 2.45) is 5.73 Å². The molecule has 0 aliphatic heterocycles. The molecular formula is C15H25NO2. The molecule has 3 heteroatoms. The van der Waals surface area contributed by atoms with Crippen molar-refractivity contribution in [3.8, 4) is 11.5 Å². The van der Waals surface area contributed by atoms with Crippen molar-refractivity contribution < 1.29 is 9.47 Å². The second-order valence-corrected chi connectivity index (χ2v) is 4.76. The molecule has 0 amide bonds. The third-order valence-corrected chi connectivity index (χ3v) is 3.03. The second kappa shape index (κ2) is 7.27. The predicted molar refractivity (Wildman–Crippen MR) is 75.5 cm³/mol. The molecule has 102 valence electrons. The van der Waals surface area contributed by atoms with Gasteiger partial charge in [-0.3, -0.25) is 0 Å². The number of ether oxygens (including phenoxy) is 2. The Hall–Kier alpha value is -1.22. The molecular weight excluding hydrogens is 226 g/mol. The Morgan fingerprint density at radius 1 is 1.11 bits per heavy atom. The van der Waals surface area contributed by atoms with Crippen LogP contribution in [0.3, 0.4) is 0 Å². The molecule has 0 aliphatic carbocycles. The standard InChI is InChI=1S/C15H25NO2/c1-5-6-7-12-9-15(18-4)13(8-11(2)16)10-14(12)17-3/h9-11H,5-8,16H2,1-4H3/t11-/m0/s1. The summed E-state index contributed by atoms with van der Waals surface area (Å²) in [5, 5.41) is 0. The van der Waals surface area contributed by atoms with Crippen LogP contribution in [-0.2, 0) is 12.8 Å². The smallest absolute Gasteiger partial charge is 0.122 e. The number of unbranched alkanes of at least 4 members (excludes halogenated alkanes) is 1. The number of hydrogen-bond donors (Lipinski definition) is 1. The zero-order valence-electron chi connectivity index (χ0n) is 12.0. The van der Waals surface area contributed by atoms with Gasteiger partial charge in [-0.15, -0.1) is 0 Å². The van der Waals surface area contributed by atoms with Gasteiger partial charge >= 0.3 is 0 Å². The molecule has 3 nitrogen and oxygen atoms in total. The molecule has 0 unspecified atom stereocenters. The van der Waals surface area contributed by atoms with Crippen LogP contribution in [0.5, 0.6) is 11.5 Å². The van der Waals surface area contributed by atoms with Gasteiger partial charge in [0.25, 0.3) is 0 Å². The lowest BCUT2D eigenvalue weighted by Gasteiger charge is -2.16. The maximum Gasteiger partial charge on any atom is 0.122 e. The Kier molecular flexibility index (Phi) is 5.99. The van der Waals surface area contributed by atoms with Crippen LogP contribution in [0.1, 0.15) is 37.8 Å². The van der Waals surface area contributed by atoms with Crippen LogP contribution in [0, 0.1) is 0 Å². The number of rotatable bonds is 7. The van der Waals surface area contributed by atoms with Crippen molar-refractivity contribution >= 4 is 0 Å². The third kappa shape index (κ3) is 3.91. The average molecular weight is 251 g/mol.